The van der Waals surface area contributed by atoms with E-state index in [1.54, 1.807) is 4.52 Å². The van der Waals surface area contributed by atoms with Crippen LogP contribution >= 0.6 is 27.3 Å². The van der Waals surface area contributed by atoms with Crippen molar-refractivity contribution < 1.29 is 8.78 Å². The van der Waals surface area contributed by atoms with E-state index in [9.17, 15) is 8.78 Å². The molecule has 0 aliphatic rings. The summed E-state index contributed by atoms with van der Waals surface area (Å²) in [4.78, 5) is 8.35. The highest BCUT2D eigenvalue weighted by Gasteiger charge is 2.27. The molecule has 0 saturated carbocycles. The summed E-state index contributed by atoms with van der Waals surface area (Å²) >= 11 is 4.60. The molecule has 0 aliphatic heterocycles. The highest BCUT2D eigenvalue weighted by Crippen LogP contribution is 2.47. The molecule has 4 nitrogen and oxygen atoms in total. The van der Waals surface area contributed by atoms with E-state index in [1.807, 2.05) is 33.0 Å². The summed E-state index contributed by atoms with van der Waals surface area (Å²) in [5.74, 6) is 0.0921. The molecule has 0 aliphatic carbocycles. The van der Waals surface area contributed by atoms with Crippen molar-refractivity contribution in [2.75, 3.05) is 0 Å². The van der Waals surface area contributed by atoms with Gasteiger partial charge in [-0.25, -0.2) is 18.3 Å². The second kappa shape index (κ2) is 5.88. The van der Waals surface area contributed by atoms with Gasteiger partial charge in [0, 0.05) is 17.1 Å². The number of pyridine rings is 1. The van der Waals surface area contributed by atoms with Crippen LogP contribution in [0.2, 0.25) is 0 Å². The second-order valence-corrected chi connectivity index (χ2v) is 8.64. The topological polar surface area (TPSA) is 46.0 Å². The van der Waals surface area contributed by atoms with Gasteiger partial charge < -0.3 is 4.98 Å². The van der Waals surface area contributed by atoms with Gasteiger partial charge in [0.05, 0.1) is 15.0 Å². The van der Waals surface area contributed by atoms with Crippen LogP contribution < -0.4 is 0 Å². The molecular weight excluding hydrogens is 410 g/mol. The van der Waals surface area contributed by atoms with Crippen molar-refractivity contribution in [1.29, 1.82) is 0 Å². The predicted octanol–water partition coefficient (Wildman–Crippen LogP) is 6.07. The maximum absolute atomic E-state index is 13.6. The van der Waals surface area contributed by atoms with E-state index < -0.39 is 6.43 Å². The number of fused-ring (bicyclic) bond motifs is 2. The zero-order chi connectivity index (χ0) is 17.9. The quantitative estimate of drug-likeness (QED) is 0.433. The van der Waals surface area contributed by atoms with E-state index in [1.165, 1.54) is 17.7 Å². The monoisotopic (exact) mass is 424 g/mol. The van der Waals surface area contributed by atoms with Gasteiger partial charge in [-0.1, -0.05) is 13.8 Å². The molecule has 0 unspecified atom stereocenters. The van der Waals surface area contributed by atoms with E-state index in [4.69, 9.17) is 0 Å². The number of aryl methyl sites for hydroxylation is 1. The molecule has 0 spiro atoms. The van der Waals surface area contributed by atoms with Crippen LogP contribution in [-0.2, 0) is 0 Å². The van der Waals surface area contributed by atoms with Crippen molar-refractivity contribution in [2.24, 2.45) is 0 Å². The van der Waals surface area contributed by atoms with Gasteiger partial charge in [-0.15, -0.1) is 11.3 Å². The standard InChI is InChI=1S/C17H15BrF2N4S/c1-7(2)10-11-12(15(19)20)14(18)25-17(11)23-13(10)9-4-8(3)16-21-6-22-24(16)5-9/h4-7,15,23H,1-3H3. The van der Waals surface area contributed by atoms with Crippen LogP contribution in [0.5, 0.6) is 0 Å². The Morgan fingerprint density at radius 2 is 2.04 bits per heavy atom. The van der Waals surface area contributed by atoms with E-state index in [2.05, 4.69) is 31.0 Å². The third-order valence-corrected chi connectivity index (χ3v) is 6.14. The van der Waals surface area contributed by atoms with Gasteiger partial charge in [0.25, 0.3) is 6.43 Å². The molecule has 0 atom stereocenters. The van der Waals surface area contributed by atoms with Crippen LogP contribution in [0.3, 0.4) is 0 Å². The Morgan fingerprint density at radius 3 is 2.72 bits per heavy atom. The molecule has 0 amide bonds. The highest BCUT2D eigenvalue weighted by atomic mass is 79.9. The van der Waals surface area contributed by atoms with Gasteiger partial charge in [0.2, 0.25) is 0 Å². The van der Waals surface area contributed by atoms with Crippen LogP contribution in [-0.4, -0.2) is 19.6 Å². The second-order valence-electron chi connectivity index (χ2n) is 6.30. The Bertz CT molecular complexity index is 1090. The molecule has 0 fully saturated rings. The summed E-state index contributed by atoms with van der Waals surface area (Å²) in [6.45, 7) is 6.01. The Kier molecular flexibility index (Phi) is 3.92. The van der Waals surface area contributed by atoms with E-state index in [0.717, 1.165) is 32.9 Å². The van der Waals surface area contributed by atoms with Gasteiger partial charge in [-0.2, -0.15) is 5.10 Å². The number of hydrogen-bond donors (Lipinski definition) is 1. The van der Waals surface area contributed by atoms with Crippen LogP contribution in [0, 0.1) is 6.92 Å². The van der Waals surface area contributed by atoms with Gasteiger partial charge >= 0.3 is 0 Å². The number of alkyl halides is 2. The lowest BCUT2D eigenvalue weighted by Crippen LogP contribution is -1.96. The average Bonchev–Trinajstić information content (AvgIpc) is 3.18. The van der Waals surface area contributed by atoms with Crippen LogP contribution in [0.1, 0.15) is 42.9 Å². The first kappa shape index (κ1) is 16.7. The van der Waals surface area contributed by atoms with Crippen LogP contribution in [0.25, 0.3) is 27.1 Å². The van der Waals surface area contributed by atoms with Gasteiger partial charge in [0.1, 0.15) is 11.2 Å². The number of nitrogens with one attached hydrogen (secondary N) is 1. The van der Waals surface area contributed by atoms with E-state index in [-0.39, 0.29) is 11.5 Å². The van der Waals surface area contributed by atoms with E-state index in [0.29, 0.717) is 9.17 Å². The van der Waals surface area contributed by atoms with Crippen molar-refractivity contribution in [2.45, 2.75) is 33.1 Å². The number of nitrogens with zero attached hydrogens (tertiary/aromatic N) is 3. The molecule has 4 aromatic rings. The average molecular weight is 425 g/mol. The smallest absolute Gasteiger partial charge is 0.266 e. The lowest BCUT2D eigenvalue weighted by atomic mass is 9.95. The molecule has 130 valence electrons. The molecule has 0 bridgehead atoms. The number of rotatable bonds is 3. The van der Waals surface area contributed by atoms with Crippen molar-refractivity contribution in [3.05, 3.63) is 39.1 Å². The fraction of sp³-hybridized carbons (Fsp3) is 0.294. The summed E-state index contributed by atoms with van der Waals surface area (Å²) < 4.78 is 29.4. The fourth-order valence-electron chi connectivity index (χ4n) is 3.31. The summed E-state index contributed by atoms with van der Waals surface area (Å²) in [5.41, 5.74) is 4.54. The summed E-state index contributed by atoms with van der Waals surface area (Å²) in [6, 6.07) is 2.02. The highest BCUT2D eigenvalue weighted by molar-refractivity contribution is 9.11. The van der Waals surface area contributed by atoms with Crippen molar-refractivity contribution in [3.63, 3.8) is 0 Å². The zero-order valence-electron chi connectivity index (χ0n) is 13.8. The Morgan fingerprint density at radius 1 is 1.28 bits per heavy atom. The fourth-order valence-corrected chi connectivity index (χ4v) is 5.12. The molecule has 4 aromatic heterocycles. The minimum Gasteiger partial charge on any atom is -0.346 e. The van der Waals surface area contributed by atoms with Crippen molar-refractivity contribution in [1.82, 2.24) is 19.6 Å². The third kappa shape index (κ3) is 2.50. The number of thiophene rings is 1. The maximum Gasteiger partial charge on any atom is 0.266 e. The summed E-state index contributed by atoms with van der Waals surface area (Å²) in [5, 5.41) is 4.84. The molecule has 4 rings (SSSR count). The molecule has 0 aromatic carbocycles. The summed E-state index contributed by atoms with van der Waals surface area (Å²) in [6.07, 6.45) is 0.867. The molecule has 8 heteroatoms. The normalized spacial score (nSPS) is 12.3. The van der Waals surface area contributed by atoms with Gasteiger partial charge in [-0.3, -0.25) is 0 Å². The maximum atomic E-state index is 13.6. The lowest BCUT2D eigenvalue weighted by molar-refractivity contribution is 0.153. The first-order valence-electron chi connectivity index (χ1n) is 7.80. The lowest BCUT2D eigenvalue weighted by Gasteiger charge is -2.11. The Hall–Kier alpha value is -1.80. The SMILES string of the molecule is Cc1cc(-c2[nH]c3sc(Br)c(C(F)F)c3c2C(C)C)cn2ncnc12. The van der Waals surface area contributed by atoms with Crippen LogP contribution in [0.15, 0.2) is 22.4 Å². The molecule has 1 N–H and O–H groups in total. The predicted molar refractivity (Wildman–Crippen MR) is 99.6 cm³/mol. The van der Waals surface area contributed by atoms with E-state index >= 15 is 0 Å². The molecule has 0 saturated heterocycles. The number of aromatic amines is 1. The van der Waals surface area contributed by atoms with Crippen molar-refractivity contribution in [3.8, 4) is 11.3 Å². The number of aromatic nitrogens is 4. The Balaban J connectivity index is 2.05. The third-order valence-electron chi connectivity index (χ3n) is 4.32. The largest absolute Gasteiger partial charge is 0.346 e. The van der Waals surface area contributed by atoms with Gasteiger partial charge in [0.15, 0.2) is 5.65 Å². The number of H-pyrrole nitrogens is 1. The van der Waals surface area contributed by atoms with Crippen molar-refractivity contribution >= 4 is 43.1 Å². The molecule has 4 heterocycles. The summed E-state index contributed by atoms with van der Waals surface area (Å²) in [7, 11) is 0. The van der Waals surface area contributed by atoms with Crippen LogP contribution in [0.4, 0.5) is 8.78 Å². The first-order chi connectivity index (χ1) is 11.9. The molecule has 0 radical (unpaired) electrons. The molecule has 25 heavy (non-hydrogen) atoms. The molecular formula is C17H15BrF2N4S. The minimum atomic E-state index is -2.52. The minimum absolute atomic E-state index is 0.0738. The number of hydrogen-bond acceptors (Lipinski definition) is 3. The Labute approximate surface area is 155 Å². The van der Waals surface area contributed by atoms with Gasteiger partial charge in [-0.05, 0) is 46.0 Å². The number of halogens is 3. The zero-order valence-corrected chi connectivity index (χ0v) is 16.2. The first-order valence-corrected chi connectivity index (χ1v) is 9.41.